The third-order valence-electron chi connectivity index (χ3n) is 4.98. The summed E-state index contributed by atoms with van der Waals surface area (Å²) in [5, 5.41) is 8.53. The lowest BCUT2D eigenvalue weighted by Gasteiger charge is -2.11. The van der Waals surface area contributed by atoms with Gasteiger partial charge in [-0.05, 0) is 37.3 Å². The maximum atomic E-state index is 13.9. The van der Waals surface area contributed by atoms with Crippen molar-refractivity contribution in [3.63, 3.8) is 0 Å². The van der Waals surface area contributed by atoms with E-state index in [9.17, 15) is 23.6 Å². The zero-order chi connectivity index (χ0) is 25.1. The maximum absolute atomic E-state index is 13.9. The molecule has 0 fully saturated rings. The number of carbonyl (C=O) groups is 3. The quantitative estimate of drug-likeness (QED) is 0.405. The summed E-state index contributed by atoms with van der Waals surface area (Å²) >= 11 is 0.993. The average Bonchev–Trinajstić information content (AvgIpc) is 3.27. The molecule has 2 aromatic heterocycles. The molecule has 11 heteroatoms. The molecule has 0 saturated carbocycles. The van der Waals surface area contributed by atoms with E-state index in [0.29, 0.717) is 0 Å². The maximum Gasteiger partial charge on any atom is 0.359 e. The molecule has 0 radical (unpaired) electrons. The molecular weight excluding hydrogens is 477 g/mol. The third-order valence-corrected chi connectivity index (χ3v) is 5.87. The van der Waals surface area contributed by atoms with Crippen molar-refractivity contribution in [1.29, 1.82) is 0 Å². The van der Waals surface area contributed by atoms with Crippen molar-refractivity contribution >= 4 is 45.0 Å². The number of amides is 1. The van der Waals surface area contributed by atoms with E-state index >= 15 is 0 Å². The summed E-state index contributed by atoms with van der Waals surface area (Å²) in [7, 11) is 1.20. The number of hydrogen-bond donors (Lipinski definition) is 1. The molecule has 0 spiro atoms. The van der Waals surface area contributed by atoms with Crippen LogP contribution in [-0.4, -0.2) is 41.3 Å². The standard InChI is InChI=1S/C24H18FN3O6S/c1-3-34-24(32)19-17-12-35-21(26-20(29)15-9-4-5-10-16(15)23(31)33-2)18(17)22(30)28(27-19)14-8-6-7-13(25)11-14/h4-12H,3H2,1-2H3,(H,26,29). The Balaban J connectivity index is 1.88. The Kier molecular flexibility index (Phi) is 6.69. The number of methoxy groups -OCH3 is 1. The molecule has 0 bridgehead atoms. The van der Waals surface area contributed by atoms with Crippen LogP contribution in [0.2, 0.25) is 0 Å². The Morgan fingerprint density at radius 3 is 2.51 bits per heavy atom. The van der Waals surface area contributed by atoms with Crippen molar-refractivity contribution in [2.45, 2.75) is 6.92 Å². The van der Waals surface area contributed by atoms with Gasteiger partial charge in [-0.15, -0.1) is 11.3 Å². The van der Waals surface area contributed by atoms with E-state index in [1.165, 1.54) is 42.8 Å². The highest BCUT2D eigenvalue weighted by molar-refractivity contribution is 7.16. The lowest BCUT2D eigenvalue weighted by atomic mass is 10.1. The number of esters is 2. The summed E-state index contributed by atoms with van der Waals surface area (Å²) < 4.78 is 24.6. The molecular formula is C24H18FN3O6S. The molecule has 4 rings (SSSR count). The van der Waals surface area contributed by atoms with Gasteiger partial charge in [0.1, 0.15) is 10.8 Å². The number of halogens is 1. The van der Waals surface area contributed by atoms with Crippen LogP contribution in [0.5, 0.6) is 0 Å². The number of thiophene rings is 1. The predicted octanol–water partition coefficient (Wildman–Crippen LogP) is 3.80. The van der Waals surface area contributed by atoms with Gasteiger partial charge in [0, 0.05) is 10.8 Å². The van der Waals surface area contributed by atoms with Crippen LogP contribution in [0.15, 0.2) is 58.7 Å². The molecule has 0 aliphatic rings. The van der Waals surface area contributed by atoms with Gasteiger partial charge >= 0.3 is 11.9 Å². The third kappa shape index (κ3) is 4.53. The molecule has 0 unspecified atom stereocenters. The van der Waals surface area contributed by atoms with Gasteiger partial charge in [-0.1, -0.05) is 18.2 Å². The summed E-state index contributed by atoms with van der Waals surface area (Å²) in [5.74, 6) is -2.75. The van der Waals surface area contributed by atoms with Crippen molar-refractivity contribution in [1.82, 2.24) is 9.78 Å². The highest BCUT2D eigenvalue weighted by atomic mass is 32.1. The first-order valence-electron chi connectivity index (χ1n) is 10.3. The minimum atomic E-state index is -0.783. The monoisotopic (exact) mass is 495 g/mol. The first kappa shape index (κ1) is 23.8. The van der Waals surface area contributed by atoms with Crippen molar-refractivity contribution < 1.29 is 28.2 Å². The summed E-state index contributed by atoms with van der Waals surface area (Å²) in [6.07, 6.45) is 0. The molecule has 2 heterocycles. The molecule has 9 nitrogen and oxygen atoms in total. The topological polar surface area (TPSA) is 117 Å². The largest absolute Gasteiger partial charge is 0.465 e. The normalized spacial score (nSPS) is 10.7. The highest BCUT2D eigenvalue weighted by Gasteiger charge is 2.24. The van der Waals surface area contributed by atoms with Crippen LogP contribution in [0.4, 0.5) is 9.39 Å². The lowest BCUT2D eigenvalue weighted by molar-refractivity contribution is 0.0519. The second kappa shape index (κ2) is 9.85. The van der Waals surface area contributed by atoms with Crippen LogP contribution in [0.3, 0.4) is 0 Å². The average molecular weight is 495 g/mol. The molecule has 2 aromatic carbocycles. The first-order chi connectivity index (χ1) is 16.8. The number of aromatic nitrogens is 2. The fourth-order valence-corrected chi connectivity index (χ4v) is 4.35. The number of benzene rings is 2. The number of carbonyl (C=O) groups excluding carboxylic acids is 3. The second-order valence-corrected chi connectivity index (χ2v) is 7.99. The van der Waals surface area contributed by atoms with E-state index in [0.717, 1.165) is 22.1 Å². The first-order valence-corrected chi connectivity index (χ1v) is 11.2. The van der Waals surface area contributed by atoms with Gasteiger partial charge in [0.2, 0.25) is 0 Å². The summed E-state index contributed by atoms with van der Waals surface area (Å²) in [6.45, 7) is 1.69. The van der Waals surface area contributed by atoms with Crippen molar-refractivity contribution in [2.75, 3.05) is 19.0 Å². The Labute approximate surface area is 201 Å². The number of fused-ring (bicyclic) bond motifs is 1. The van der Waals surface area contributed by atoms with Crippen LogP contribution < -0.4 is 10.9 Å². The molecule has 178 valence electrons. The molecule has 0 aliphatic heterocycles. The number of hydrogen-bond acceptors (Lipinski definition) is 8. The van der Waals surface area contributed by atoms with E-state index in [1.807, 2.05) is 0 Å². The van der Waals surface area contributed by atoms with Gasteiger partial charge in [-0.3, -0.25) is 9.59 Å². The zero-order valence-corrected chi connectivity index (χ0v) is 19.3. The Morgan fingerprint density at radius 1 is 1.09 bits per heavy atom. The molecule has 4 aromatic rings. The minimum Gasteiger partial charge on any atom is -0.465 e. The van der Waals surface area contributed by atoms with E-state index in [4.69, 9.17) is 9.47 Å². The van der Waals surface area contributed by atoms with Gasteiger partial charge < -0.3 is 14.8 Å². The minimum absolute atomic E-state index is 0.0128. The smallest absolute Gasteiger partial charge is 0.359 e. The van der Waals surface area contributed by atoms with Gasteiger partial charge in [-0.2, -0.15) is 9.78 Å². The van der Waals surface area contributed by atoms with E-state index < -0.39 is 29.2 Å². The molecule has 1 N–H and O–H groups in total. The molecule has 1 amide bonds. The number of nitrogens with zero attached hydrogens (tertiary/aromatic N) is 2. The summed E-state index contributed by atoms with van der Waals surface area (Å²) in [4.78, 5) is 51.1. The van der Waals surface area contributed by atoms with Crippen LogP contribution >= 0.6 is 11.3 Å². The molecule has 0 saturated heterocycles. The van der Waals surface area contributed by atoms with E-state index in [-0.39, 0.29) is 44.9 Å². The number of anilines is 1. The van der Waals surface area contributed by atoms with Crippen LogP contribution in [0.25, 0.3) is 16.5 Å². The zero-order valence-electron chi connectivity index (χ0n) is 18.5. The summed E-state index contributed by atoms with van der Waals surface area (Å²) in [5.41, 5.74) is -0.693. The second-order valence-electron chi connectivity index (χ2n) is 7.11. The van der Waals surface area contributed by atoms with Crippen LogP contribution in [0, 0.1) is 5.82 Å². The summed E-state index contributed by atoms with van der Waals surface area (Å²) in [6, 6.07) is 11.2. The fraction of sp³-hybridized carbons (Fsp3) is 0.125. The van der Waals surface area contributed by atoms with Crippen LogP contribution in [-0.2, 0) is 9.47 Å². The van der Waals surface area contributed by atoms with Gasteiger partial charge in [0.15, 0.2) is 5.69 Å². The molecule has 35 heavy (non-hydrogen) atoms. The highest BCUT2D eigenvalue weighted by Crippen LogP contribution is 2.31. The Hall–Kier alpha value is -4.38. The number of nitrogens with one attached hydrogen (secondary N) is 1. The van der Waals surface area contributed by atoms with E-state index in [1.54, 1.807) is 19.1 Å². The number of rotatable bonds is 6. The Bertz CT molecular complexity index is 1530. The van der Waals surface area contributed by atoms with Gasteiger partial charge in [0.05, 0.1) is 35.9 Å². The van der Waals surface area contributed by atoms with Gasteiger partial charge in [-0.25, -0.2) is 14.0 Å². The van der Waals surface area contributed by atoms with Crippen molar-refractivity contribution in [3.8, 4) is 5.69 Å². The molecule has 0 atom stereocenters. The lowest BCUT2D eigenvalue weighted by Crippen LogP contribution is -2.26. The molecule has 0 aliphatic carbocycles. The van der Waals surface area contributed by atoms with Crippen molar-refractivity contribution in [2.24, 2.45) is 0 Å². The SMILES string of the molecule is CCOC(=O)c1nn(-c2cccc(F)c2)c(=O)c2c(NC(=O)c3ccccc3C(=O)OC)scc12. The fourth-order valence-electron chi connectivity index (χ4n) is 3.41. The predicted molar refractivity (Wildman–Crippen MR) is 127 cm³/mol. The van der Waals surface area contributed by atoms with Crippen LogP contribution in [0.1, 0.15) is 38.1 Å². The van der Waals surface area contributed by atoms with Crippen molar-refractivity contribution in [3.05, 3.63) is 86.9 Å². The van der Waals surface area contributed by atoms with E-state index in [2.05, 4.69) is 10.4 Å². The van der Waals surface area contributed by atoms with Gasteiger partial charge in [0.25, 0.3) is 11.5 Å². The number of ether oxygens (including phenoxy) is 2. The Morgan fingerprint density at radius 2 is 1.83 bits per heavy atom.